The van der Waals surface area contributed by atoms with E-state index in [0.29, 0.717) is 0 Å². The van der Waals surface area contributed by atoms with E-state index in [0.717, 1.165) is 25.9 Å². The van der Waals surface area contributed by atoms with Crippen molar-refractivity contribution in [3.05, 3.63) is 0 Å². The molecule has 0 radical (unpaired) electrons. The smallest absolute Gasteiger partial charge is 0.323 e. The van der Waals surface area contributed by atoms with Crippen LogP contribution in [0.1, 0.15) is 33.6 Å². The molecule has 0 aromatic rings. The number of ether oxygens (including phenoxy) is 1. The van der Waals surface area contributed by atoms with Crippen LogP contribution in [0.3, 0.4) is 0 Å². The molecule has 0 aromatic heterocycles. The van der Waals surface area contributed by atoms with Crippen molar-refractivity contribution >= 4 is 5.97 Å². The molecule has 0 bridgehead atoms. The summed E-state index contributed by atoms with van der Waals surface area (Å²) in [6.07, 6.45) is 2.18. The molecule has 15 heavy (non-hydrogen) atoms. The molecule has 88 valence electrons. The molecule has 4 heteroatoms. The van der Waals surface area contributed by atoms with Crippen molar-refractivity contribution in [1.82, 2.24) is 0 Å². The lowest BCUT2D eigenvalue weighted by Crippen LogP contribution is -2.88. The summed E-state index contributed by atoms with van der Waals surface area (Å²) >= 11 is 0. The molecule has 0 unspecified atom stereocenters. The summed E-state index contributed by atoms with van der Waals surface area (Å²) in [4.78, 5) is 11.7. The Bertz CT molecular complexity index is 217. The van der Waals surface area contributed by atoms with Crippen LogP contribution in [0.4, 0.5) is 0 Å². The number of hydrogen-bond donors (Lipinski definition) is 2. The summed E-state index contributed by atoms with van der Waals surface area (Å²) < 4.78 is 5.27. The zero-order valence-corrected chi connectivity index (χ0v) is 9.95. The highest BCUT2D eigenvalue weighted by molar-refractivity contribution is 5.76. The zero-order valence-electron chi connectivity index (χ0n) is 9.95. The molecule has 0 aliphatic carbocycles. The van der Waals surface area contributed by atoms with Gasteiger partial charge in [0.25, 0.3) is 0 Å². The van der Waals surface area contributed by atoms with Crippen molar-refractivity contribution in [1.29, 1.82) is 0 Å². The number of quaternary nitrogens is 1. The normalized spacial score (nSPS) is 24.7. The van der Waals surface area contributed by atoms with Crippen LogP contribution in [0.2, 0.25) is 0 Å². The van der Waals surface area contributed by atoms with Gasteiger partial charge in [0.2, 0.25) is 0 Å². The third-order valence-corrected chi connectivity index (χ3v) is 2.64. The van der Waals surface area contributed by atoms with E-state index >= 15 is 0 Å². The SMILES string of the molecule is CC(C)(C)OC(=O)[C@@H](N)[C@@H]1CCC[NH2+]C1. The van der Waals surface area contributed by atoms with Crippen LogP contribution in [0.25, 0.3) is 0 Å². The van der Waals surface area contributed by atoms with E-state index in [9.17, 15) is 4.79 Å². The van der Waals surface area contributed by atoms with Gasteiger partial charge >= 0.3 is 5.97 Å². The minimum atomic E-state index is -0.458. The molecule has 0 spiro atoms. The van der Waals surface area contributed by atoms with Gasteiger partial charge in [-0.25, -0.2) is 0 Å². The van der Waals surface area contributed by atoms with Gasteiger partial charge in [-0.15, -0.1) is 0 Å². The minimum absolute atomic E-state index is 0.261. The number of nitrogens with two attached hydrogens (primary N) is 2. The predicted molar refractivity (Wildman–Crippen MR) is 58.2 cm³/mol. The molecule has 1 aliphatic heterocycles. The largest absolute Gasteiger partial charge is 0.459 e. The first-order valence-electron chi connectivity index (χ1n) is 5.70. The van der Waals surface area contributed by atoms with Crippen LogP contribution in [0.5, 0.6) is 0 Å². The molecule has 4 nitrogen and oxygen atoms in total. The molecular formula is C11H23N2O2+. The van der Waals surface area contributed by atoms with E-state index in [-0.39, 0.29) is 11.9 Å². The number of carbonyl (C=O) groups excluding carboxylic acids is 1. The van der Waals surface area contributed by atoms with Gasteiger partial charge in [0.15, 0.2) is 0 Å². The summed E-state index contributed by atoms with van der Waals surface area (Å²) in [5, 5.41) is 2.22. The summed E-state index contributed by atoms with van der Waals surface area (Å²) in [6, 6.07) is -0.458. The Morgan fingerprint density at radius 1 is 1.53 bits per heavy atom. The van der Waals surface area contributed by atoms with Crippen LogP contribution in [0.15, 0.2) is 0 Å². The lowest BCUT2D eigenvalue weighted by molar-refractivity contribution is -0.669. The quantitative estimate of drug-likeness (QED) is 0.617. The first-order valence-corrected chi connectivity index (χ1v) is 5.70. The first kappa shape index (κ1) is 12.5. The highest BCUT2D eigenvalue weighted by atomic mass is 16.6. The fourth-order valence-electron chi connectivity index (χ4n) is 1.86. The monoisotopic (exact) mass is 215 g/mol. The molecule has 1 heterocycles. The maximum absolute atomic E-state index is 11.7. The third kappa shape index (κ3) is 4.18. The van der Waals surface area contributed by atoms with Crippen LogP contribution in [0, 0.1) is 5.92 Å². The second-order valence-corrected chi connectivity index (χ2v) is 5.27. The molecule has 1 aliphatic rings. The van der Waals surface area contributed by atoms with Crippen LogP contribution < -0.4 is 11.1 Å². The molecule has 0 aromatic carbocycles. The Morgan fingerprint density at radius 3 is 2.67 bits per heavy atom. The number of hydrogen-bond acceptors (Lipinski definition) is 3. The van der Waals surface area contributed by atoms with Crippen LogP contribution >= 0.6 is 0 Å². The maximum atomic E-state index is 11.7. The fourth-order valence-corrected chi connectivity index (χ4v) is 1.86. The predicted octanol–water partition coefficient (Wildman–Crippen LogP) is -0.371. The Labute approximate surface area is 91.5 Å². The Hall–Kier alpha value is -0.610. The molecular weight excluding hydrogens is 192 g/mol. The lowest BCUT2D eigenvalue weighted by Gasteiger charge is -2.27. The average Bonchev–Trinajstić information content (AvgIpc) is 2.15. The Balaban J connectivity index is 2.44. The highest BCUT2D eigenvalue weighted by Gasteiger charge is 2.31. The van der Waals surface area contributed by atoms with Gasteiger partial charge in [-0.3, -0.25) is 4.79 Å². The van der Waals surface area contributed by atoms with Crippen molar-refractivity contribution in [2.24, 2.45) is 11.7 Å². The molecule has 1 rings (SSSR count). The molecule has 4 N–H and O–H groups in total. The molecule has 2 atom stereocenters. The summed E-state index contributed by atoms with van der Waals surface area (Å²) in [6.45, 7) is 7.69. The van der Waals surface area contributed by atoms with E-state index in [1.54, 1.807) is 0 Å². The standard InChI is InChI=1S/C11H22N2O2/c1-11(2,3)15-10(14)9(12)8-5-4-6-13-7-8/h8-9,13H,4-7,12H2,1-3H3/p+1/t8-,9+/m1/s1. The highest BCUT2D eigenvalue weighted by Crippen LogP contribution is 2.15. The molecule has 1 fully saturated rings. The van der Waals surface area contributed by atoms with E-state index in [4.69, 9.17) is 10.5 Å². The van der Waals surface area contributed by atoms with E-state index in [2.05, 4.69) is 5.32 Å². The summed E-state index contributed by atoms with van der Waals surface area (Å²) in [7, 11) is 0. The van der Waals surface area contributed by atoms with E-state index in [1.165, 1.54) is 0 Å². The van der Waals surface area contributed by atoms with Gasteiger partial charge < -0.3 is 15.8 Å². The van der Waals surface area contributed by atoms with Crippen molar-refractivity contribution in [2.45, 2.75) is 45.3 Å². The van der Waals surface area contributed by atoms with Gasteiger partial charge in [-0.2, -0.15) is 0 Å². The van der Waals surface area contributed by atoms with Crippen molar-refractivity contribution in [3.8, 4) is 0 Å². The summed E-state index contributed by atoms with van der Waals surface area (Å²) in [5.74, 6) is 0.0106. The maximum Gasteiger partial charge on any atom is 0.323 e. The van der Waals surface area contributed by atoms with Gasteiger partial charge in [0.1, 0.15) is 11.6 Å². The van der Waals surface area contributed by atoms with Crippen molar-refractivity contribution in [3.63, 3.8) is 0 Å². The zero-order chi connectivity index (χ0) is 11.5. The Kier molecular flexibility index (Phi) is 4.11. The number of carbonyl (C=O) groups is 1. The second kappa shape index (κ2) is 4.94. The van der Waals surface area contributed by atoms with Gasteiger partial charge in [-0.05, 0) is 33.6 Å². The van der Waals surface area contributed by atoms with Gasteiger partial charge in [0, 0.05) is 5.92 Å². The molecule has 1 saturated heterocycles. The lowest BCUT2D eigenvalue weighted by atomic mass is 9.92. The van der Waals surface area contributed by atoms with Crippen LogP contribution in [-0.4, -0.2) is 30.7 Å². The number of esters is 1. The molecule has 0 amide bonds. The van der Waals surface area contributed by atoms with E-state index in [1.807, 2.05) is 20.8 Å². The van der Waals surface area contributed by atoms with Crippen LogP contribution in [-0.2, 0) is 9.53 Å². The Morgan fingerprint density at radius 2 is 2.20 bits per heavy atom. The fraction of sp³-hybridized carbons (Fsp3) is 0.909. The molecule has 0 saturated carbocycles. The van der Waals surface area contributed by atoms with E-state index < -0.39 is 11.6 Å². The topological polar surface area (TPSA) is 68.9 Å². The third-order valence-electron chi connectivity index (χ3n) is 2.64. The van der Waals surface area contributed by atoms with Gasteiger partial charge in [-0.1, -0.05) is 0 Å². The average molecular weight is 215 g/mol. The van der Waals surface area contributed by atoms with Gasteiger partial charge in [0.05, 0.1) is 13.1 Å². The first-order chi connectivity index (χ1) is 6.90. The number of piperidine rings is 1. The number of rotatable bonds is 2. The summed E-state index contributed by atoms with van der Waals surface area (Å²) in [5.41, 5.74) is 5.47. The second-order valence-electron chi connectivity index (χ2n) is 5.27. The van der Waals surface area contributed by atoms with Crippen molar-refractivity contribution in [2.75, 3.05) is 13.1 Å². The van der Waals surface area contributed by atoms with Crippen molar-refractivity contribution < 1.29 is 14.8 Å². The minimum Gasteiger partial charge on any atom is -0.459 e.